The molecule has 0 aliphatic heterocycles. The number of halogens is 2. The first kappa shape index (κ1) is 15.0. The largest absolute Gasteiger partial charge is 0.367 e. The summed E-state index contributed by atoms with van der Waals surface area (Å²) in [5.41, 5.74) is 1.43. The van der Waals surface area contributed by atoms with Crippen molar-refractivity contribution in [3.05, 3.63) is 63.6 Å². The monoisotopic (exact) mass is 353 g/mol. The molecule has 1 atom stereocenters. The smallest absolute Gasteiger partial charge is 0.258 e. The number of ether oxygens (including phenoxy) is 1. The summed E-state index contributed by atoms with van der Waals surface area (Å²) in [6.45, 7) is 0. The molecule has 104 valence electrons. The van der Waals surface area contributed by atoms with Gasteiger partial charge in [0.15, 0.2) is 6.10 Å². The second-order valence-electron chi connectivity index (χ2n) is 4.14. The molecule has 3 nitrogen and oxygen atoms in total. The predicted molar refractivity (Wildman–Crippen MR) is 84.0 cm³/mol. The quantitative estimate of drug-likeness (QED) is 0.882. The van der Waals surface area contributed by atoms with Crippen molar-refractivity contribution in [1.29, 1.82) is 0 Å². The number of nitrogens with one attached hydrogen (secondary N) is 1. The first-order valence-corrected chi connectivity index (χ1v) is 7.12. The summed E-state index contributed by atoms with van der Waals surface area (Å²) in [5.74, 6) is -0.239. The lowest BCUT2D eigenvalue weighted by Gasteiger charge is -2.15. The fraction of sp³-hybridized carbons (Fsp3) is 0.133. The highest BCUT2D eigenvalue weighted by molar-refractivity contribution is 9.10. The second-order valence-corrected chi connectivity index (χ2v) is 5.41. The summed E-state index contributed by atoms with van der Waals surface area (Å²) in [7, 11) is 1.51. The summed E-state index contributed by atoms with van der Waals surface area (Å²) in [4.78, 5) is 12.2. The minimum atomic E-state index is -0.654. The zero-order chi connectivity index (χ0) is 14.5. The summed E-state index contributed by atoms with van der Waals surface area (Å²) < 4.78 is 6.05. The minimum absolute atomic E-state index is 0.239. The number of carbonyl (C=O) groups is 1. The van der Waals surface area contributed by atoms with Gasteiger partial charge in [-0.05, 0) is 39.7 Å². The summed E-state index contributed by atoms with van der Waals surface area (Å²) in [6, 6.07) is 14.6. The number of rotatable bonds is 4. The van der Waals surface area contributed by atoms with Crippen LogP contribution < -0.4 is 5.32 Å². The van der Waals surface area contributed by atoms with Gasteiger partial charge in [-0.3, -0.25) is 4.79 Å². The third kappa shape index (κ3) is 3.60. The van der Waals surface area contributed by atoms with Crippen LogP contribution in [0.3, 0.4) is 0 Å². The Labute approximate surface area is 131 Å². The summed E-state index contributed by atoms with van der Waals surface area (Å²) >= 11 is 9.30. The topological polar surface area (TPSA) is 38.3 Å². The zero-order valence-corrected chi connectivity index (χ0v) is 13.1. The van der Waals surface area contributed by atoms with Gasteiger partial charge >= 0.3 is 0 Å². The van der Waals surface area contributed by atoms with Gasteiger partial charge in [-0.15, -0.1) is 0 Å². The van der Waals surface area contributed by atoms with Crippen LogP contribution in [0, 0.1) is 0 Å². The molecule has 0 aliphatic carbocycles. The summed E-state index contributed by atoms with van der Waals surface area (Å²) in [6.07, 6.45) is -0.654. The lowest BCUT2D eigenvalue weighted by atomic mass is 10.1. The normalized spacial score (nSPS) is 11.9. The van der Waals surface area contributed by atoms with Crippen molar-refractivity contribution in [2.24, 2.45) is 0 Å². The molecule has 0 aliphatic rings. The van der Waals surface area contributed by atoms with E-state index >= 15 is 0 Å². The van der Waals surface area contributed by atoms with Crippen LogP contribution in [0.5, 0.6) is 0 Å². The van der Waals surface area contributed by atoms with E-state index in [2.05, 4.69) is 21.2 Å². The highest BCUT2D eigenvalue weighted by atomic mass is 79.9. The minimum Gasteiger partial charge on any atom is -0.367 e. The Kier molecular flexibility index (Phi) is 5.17. The number of carbonyl (C=O) groups excluding carboxylic acids is 1. The number of hydrogen-bond acceptors (Lipinski definition) is 2. The summed E-state index contributed by atoms with van der Waals surface area (Å²) in [5, 5.41) is 3.33. The van der Waals surface area contributed by atoms with E-state index in [1.807, 2.05) is 30.3 Å². The van der Waals surface area contributed by atoms with Gasteiger partial charge in [0.1, 0.15) is 0 Å². The molecule has 0 fully saturated rings. The molecule has 0 heterocycles. The van der Waals surface area contributed by atoms with Gasteiger partial charge in [0.2, 0.25) is 0 Å². The fourth-order valence-electron chi connectivity index (χ4n) is 1.80. The van der Waals surface area contributed by atoms with Crippen LogP contribution in [0.2, 0.25) is 5.02 Å². The molecule has 0 spiro atoms. The molecule has 0 saturated carbocycles. The van der Waals surface area contributed by atoms with E-state index in [0.29, 0.717) is 10.7 Å². The average molecular weight is 355 g/mol. The number of methoxy groups -OCH3 is 1. The van der Waals surface area contributed by atoms with Gasteiger partial charge in [-0.2, -0.15) is 0 Å². The maximum atomic E-state index is 12.2. The van der Waals surface area contributed by atoms with Crippen LogP contribution in [0.15, 0.2) is 53.0 Å². The van der Waals surface area contributed by atoms with Crippen molar-refractivity contribution >= 4 is 39.1 Å². The van der Waals surface area contributed by atoms with Crippen molar-refractivity contribution in [2.45, 2.75) is 6.10 Å². The van der Waals surface area contributed by atoms with Crippen LogP contribution in [0.1, 0.15) is 11.7 Å². The highest BCUT2D eigenvalue weighted by Crippen LogP contribution is 2.26. The molecule has 20 heavy (non-hydrogen) atoms. The van der Waals surface area contributed by atoms with E-state index in [-0.39, 0.29) is 5.91 Å². The molecular weight excluding hydrogens is 342 g/mol. The van der Waals surface area contributed by atoms with Gasteiger partial charge in [0.25, 0.3) is 5.91 Å². The van der Waals surface area contributed by atoms with Crippen molar-refractivity contribution in [3.8, 4) is 0 Å². The molecular formula is C15H13BrClNO2. The van der Waals surface area contributed by atoms with Gasteiger partial charge in [0.05, 0.1) is 5.02 Å². The Hall–Kier alpha value is -1.36. The van der Waals surface area contributed by atoms with Crippen LogP contribution in [-0.4, -0.2) is 13.0 Å². The SMILES string of the molecule is CO[C@H](C(=O)Nc1ccc(Br)c(Cl)c1)c1ccccc1. The molecule has 0 unspecified atom stereocenters. The van der Waals surface area contributed by atoms with Crippen molar-refractivity contribution in [1.82, 2.24) is 0 Å². The van der Waals surface area contributed by atoms with Crippen LogP contribution in [0.25, 0.3) is 0 Å². The van der Waals surface area contributed by atoms with Gasteiger partial charge < -0.3 is 10.1 Å². The Morgan fingerprint density at radius 1 is 1.25 bits per heavy atom. The number of amides is 1. The van der Waals surface area contributed by atoms with Gasteiger partial charge in [-0.25, -0.2) is 0 Å². The Bertz CT molecular complexity index is 604. The molecule has 0 aromatic heterocycles. The van der Waals surface area contributed by atoms with Crippen LogP contribution in [-0.2, 0) is 9.53 Å². The van der Waals surface area contributed by atoms with Crippen molar-refractivity contribution < 1.29 is 9.53 Å². The van der Waals surface area contributed by atoms with Crippen LogP contribution >= 0.6 is 27.5 Å². The molecule has 0 bridgehead atoms. The molecule has 5 heteroatoms. The third-order valence-corrected chi connectivity index (χ3v) is 4.00. The van der Waals surface area contributed by atoms with Gasteiger partial charge in [0, 0.05) is 17.3 Å². The highest BCUT2D eigenvalue weighted by Gasteiger charge is 2.19. The van der Waals surface area contributed by atoms with E-state index in [1.54, 1.807) is 18.2 Å². The Morgan fingerprint density at radius 2 is 1.95 bits per heavy atom. The molecule has 2 aromatic rings. The molecule has 1 N–H and O–H groups in total. The maximum Gasteiger partial charge on any atom is 0.258 e. The first-order valence-electron chi connectivity index (χ1n) is 5.95. The third-order valence-electron chi connectivity index (χ3n) is 2.76. The molecule has 2 rings (SSSR count). The van der Waals surface area contributed by atoms with E-state index in [1.165, 1.54) is 7.11 Å². The lowest BCUT2D eigenvalue weighted by Crippen LogP contribution is -2.22. The fourth-order valence-corrected chi connectivity index (χ4v) is 2.23. The number of benzene rings is 2. The van der Waals surface area contributed by atoms with Gasteiger partial charge in [-0.1, -0.05) is 41.9 Å². The first-order chi connectivity index (χ1) is 9.61. The second kappa shape index (κ2) is 6.88. The van der Waals surface area contributed by atoms with Crippen LogP contribution in [0.4, 0.5) is 5.69 Å². The van der Waals surface area contributed by atoms with E-state index in [9.17, 15) is 4.79 Å². The van der Waals surface area contributed by atoms with Crippen molar-refractivity contribution in [3.63, 3.8) is 0 Å². The maximum absolute atomic E-state index is 12.2. The molecule has 0 saturated heterocycles. The molecule has 0 radical (unpaired) electrons. The Balaban J connectivity index is 2.15. The molecule has 2 aromatic carbocycles. The van der Waals surface area contributed by atoms with E-state index in [0.717, 1.165) is 10.0 Å². The van der Waals surface area contributed by atoms with E-state index in [4.69, 9.17) is 16.3 Å². The van der Waals surface area contributed by atoms with Crippen molar-refractivity contribution in [2.75, 3.05) is 12.4 Å². The number of hydrogen-bond donors (Lipinski definition) is 1. The van der Waals surface area contributed by atoms with E-state index < -0.39 is 6.10 Å². The Morgan fingerprint density at radius 3 is 2.55 bits per heavy atom. The standard InChI is InChI=1S/C15H13BrClNO2/c1-20-14(10-5-3-2-4-6-10)15(19)18-11-7-8-12(16)13(17)9-11/h2-9,14H,1H3,(H,18,19)/t14-/m0/s1. The average Bonchev–Trinajstić information content (AvgIpc) is 2.45. The zero-order valence-electron chi connectivity index (χ0n) is 10.8. The number of anilines is 1. The lowest BCUT2D eigenvalue weighted by molar-refractivity contribution is -0.126. The predicted octanol–water partition coefficient (Wildman–Crippen LogP) is 4.43. The molecule has 1 amide bonds.